The Kier molecular flexibility index (Phi) is 4.16. The Labute approximate surface area is 80.2 Å². The normalized spacial score (nSPS) is 21.0. The predicted molar refractivity (Wildman–Crippen MR) is 54.4 cm³/mol. The lowest BCUT2D eigenvalue weighted by Crippen LogP contribution is -2.35. The highest BCUT2D eigenvalue weighted by Gasteiger charge is 2.24. The Hall–Kier alpha value is -0.630. The van der Waals surface area contributed by atoms with Gasteiger partial charge in [-0.25, -0.2) is 0 Å². The van der Waals surface area contributed by atoms with Crippen LogP contribution in [0.2, 0.25) is 0 Å². The minimum absolute atomic E-state index is 0.240. The third kappa shape index (κ3) is 2.96. The first-order chi connectivity index (χ1) is 6.25. The minimum Gasteiger partial charge on any atom is -0.321 e. The van der Waals surface area contributed by atoms with Crippen molar-refractivity contribution in [3.8, 4) is 0 Å². The van der Waals surface area contributed by atoms with Crippen LogP contribution >= 0.6 is 0 Å². The number of rotatable bonds is 4. The summed E-state index contributed by atoms with van der Waals surface area (Å²) in [5.41, 5.74) is 5.74. The second kappa shape index (κ2) is 5.18. The Morgan fingerprint density at radius 3 is 2.62 bits per heavy atom. The average molecular weight is 181 g/mol. The number of nitrogens with two attached hydrogens (primary N) is 1. The van der Waals surface area contributed by atoms with E-state index in [4.69, 9.17) is 5.73 Å². The van der Waals surface area contributed by atoms with Crippen molar-refractivity contribution in [2.24, 2.45) is 11.7 Å². The first-order valence-corrected chi connectivity index (χ1v) is 5.16. The predicted octanol–water partition coefficient (Wildman–Crippen LogP) is 2.04. The topological polar surface area (TPSA) is 43.1 Å². The molecule has 0 heterocycles. The standard InChI is InChI=1S/C11H19NO/c1-2-6-10(12)11(13)9-7-4-3-5-8-9/h2,9-10H,1,3-8,12H2. The summed E-state index contributed by atoms with van der Waals surface area (Å²) in [5.74, 6) is 0.489. The molecule has 2 nitrogen and oxygen atoms in total. The van der Waals surface area contributed by atoms with E-state index in [1.165, 1.54) is 19.3 Å². The molecule has 1 saturated carbocycles. The number of hydrogen-bond donors (Lipinski definition) is 1. The van der Waals surface area contributed by atoms with Crippen molar-refractivity contribution in [2.75, 3.05) is 0 Å². The van der Waals surface area contributed by atoms with E-state index in [2.05, 4.69) is 6.58 Å². The number of ketones is 1. The largest absolute Gasteiger partial charge is 0.321 e. The maximum absolute atomic E-state index is 11.7. The summed E-state index contributed by atoms with van der Waals surface area (Å²) in [6, 6.07) is -0.305. The molecule has 0 amide bonds. The lowest BCUT2D eigenvalue weighted by atomic mass is 9.83. The number of Topliss-reactive ketones (excluding diaryl/α,β-unsaturated/α-hetero) is 1. The fourth-order valence-electron chi connectivity index (χ4n) is 1.99. The summed E-state index contributed by atoms with van der Waals surface area (Å²) in [6.07, 6.45) is 8.10. The number of carbonyl (C=O) groups excluding carboxylic acids is 1. The summed E-state index contributed by atoms with van der Waals surface area (Å²) < 4.78 is 0. The van der Waals surface area contributed by atoms with Gasteiger partial charge in [0, 0.05) is 5.92 Å². The van der Waals surface area contributed by atoms with Gasteiger partial charge in [0.05, 0.1) is 6.04 Å². The highest BCUT2D eigenvalue weighted by atomic mass is 16.1. The molecule has 0 spiro atoms. The molecule has 0 radical (unpaired) electrons. The molecule has 0 bridgehead atoms. The smallest absolute Gasteiger partial charge is 0.152 e. The molecular weight excluding hydrogens is 162 g/mol. The molecule has 1 unspecified atom stereocenters. The maximum Gasteiger partial charge on any atom is 0.152 e. The molecule has 0 aliphatic heterocycles. The van der Waals surface area contributed by atoms with Gasteiger partial charge < -0.3 is 5.73 Å². The average Bonchev–Trinajstić information content (AvgIpc) is 2.18. The zero-order valence-corrected chi connectivity index (χ0v) is 8.17. The molecule has 0 saturated heterocycles. The van der Waals surface area contributed by atoms with Crippen LogP contribution in [0.15, 0.2) is 12.7 Å². The number of hydrogen-bond acceptors (Lipinski definition) is 2. The van der Waals surface area contributed by atoms with Gasteiger partial charge in [-0.1, -0.05) is 25.3 Å². The van der Waals surface area contributed by atoms with Crippen LogP contribution in [-0.2, 0) is 4.79 Å². The second-order valence-electron chi connectivity index (χ2n) is 3.87. The molecule has 0 aromatic heterocycles. The monoisotopic (exact) mass is 181 g/mol. The van der Waals surface area contributed by atoms with Crippen LogP contribution in [0.25, 0.3) is 0 Å². The second-order valence-corrected chi connectivity index (χ2v) is 3.87. The van der Waals surface area contributed by atoms with Gasteiger partial charge in [-0.05, 0) is 19.3 Å². The molecule has 1 aliphatic carbocycles. The molecule has 13 heavy (non-hydrogen) atoms. The van der Waals surface area contributed by atoms with Gasteiger partial charge in [0.25, 0.3) is 0 Å². The van der Waals surface area contributed by atoms with E-state index in [1.54, 1.807) is 6.08 Å². The molecule has 2 heteroatoms. The van der Waals surface area contributed by atoms with Crippen molar-refractivity contribution in [3.63, 3.8) is 0 Å². The summed E-state index contributed by atoms with van der Waals surface area (Å²) in [4.78, 5) is 11.7. The molecule has 74 valence electrons. The third-order valence-electron chi connectivity index (χ3n) is 2.79. The van der Waals surface area contributed by atoms with Crippen LogP contribution in [0.1, 0.15) is 38.5 Å². The lowest BCUT2D eigenvalue weighted by Gasteiger charge is -2.22. The van der Waals surface area contributed by atoms with Crippen molar-refractivity contribution in [1.82, 2.24) is 0 Å². The van der Waals surface area contributed by atoms with E-state index in [1.807, 2.05) is 0 Å². The molecular formula is C11H19NO. The van der Waals surface area contributed by atoms with Gasteiger partial charge in [-0.15, -0.1) is 6.58 Å². The van der Waals surface area contributed by atoms with Crippen LogP contribution in [0, 0.1) is 5.92 Å². The van der Waals surface area contributed by atoms with Crippen molar-refractivity contribution in [3.05, 3.63) is 12.7 Å². The van der Waals surface area contributed by atoms with E-state index < -0.39 is 0 Å². The summed E-state index contributed by atoms with van der Waals surface area (Å²) in [7, 11) is 0. The molecule has 1 rings (SSSR count). The molecule has 1 atom stereocenters. The van der Waals surface area contributed by atoms with Gasteiger partial charge in [-0.2, -0.15) is 0 Å². The first-order valence-electron chi connectivity index (χ1n) is 5.16. The van der Waals surface area contributed by atoms with Crippen molar-refractivity contribution < 1.29 is 4.79 Å². The Morgan fingerprint density at radius 1 is 1.46 bits per heavy atom. The van der Waals surface area contributed by atoms with Gasteiger partial charge in [0.1, 0.15) is 0 Å². The van der Waals surface area contributed by atoms with Gasteiger partial charge in [0.2, 0.25) is 0 Å². The van der Waals surface area contributed by atoms with Gasteiger partial charge >= 0.3 is 0 Å². The highest BCUT2D eigenvalue weighted by Crippen LogP contribution is 2.25. The molecule has 0 aromatic rings. The molecule has 0 aromatic carbocycles. The van der Waals surface area contributed by atoms with Crippen LogP contribution < -0.4 is 5.73 Å². The Balaban J connectivity index is 2.40. The van der Waals surface area contributed by atoms with E-state index in [0.717, 1.165) is 12.8 Å². The molecule has 1 fully saturated rings. The Bertz CT molecular complexity index is 183. The zero-order chi connectivity index (χ0) is 9.68. The summed E-state index contributed by atoms with van der Waals surface area (Å²) in [5, 5.41) is 0. The fourth-order valence-corrected chi connectivity index (χ4v) is 1.99. The van der Waals surface area contributed by atoms with Gasteiger partial charge in [-0.3, -0.25) is 4.79 Å². The fraction of sp³-hybridized carbons (Fsp3) is 0.727. The molecule has 1 aliphatic rings. The van der Waals surface area contributed by atoms with E-state index in [9.17, 15) is 4.79 Å². The number of carbonyl (C=O) groups is 1. The summed E-state index contributed by atoms with van der Waals surface area (Å²) >= 11 is 0. The maximum atomic E-state index is 11.7. The van der Waals surface area contributed by atoms with Crippen LogP contribution in [0.4, 0.5) is 0 Å². The SMILES string of the molecule is C=CCC(N)C(=O)C1CCCCC1. The zero-order valence-electron chi connectivity index (χ0n) is 8.17. The van der Waals surface area contributed by atoms with E-state index in [0.29, 0.717) is 6.42 Å². The van der Waals surface area contributed by atoms with Crippen molar-refractivity contribution >= 4 is 5.78 Å². The van der Waals surface area contributed by atoms with Gasteiger partial charge in [0.15, 0.2) is 5.78 Å². The minimum atomic E-state index is -0.305. The van der Waals surface area contributed by atoms with E-state index in [-0.39, 0.29) is 17.7 Å². The lowest BCUT2D eigenvalue weighted by molar-refractivity contribution is -0.125. The van der Waals surface area contributed by atoms with Crippen LogP contribution in [0.5, 0.6) is 0 Å². The van der Waals surface area contributed by atoms with Crippen molar-refractivity contribution in [1.29, 1.82) is 0 Å². The molecule has 2 N–H and O–H groups in total. The Morgan fingerprint density at radius 2 is 2.08 bits per heavy atom. The van der Waals surface area contributed by atoms with Crippen molar-refractivity contribution in [2.45, 2.75) is 44.6 Å². The van der Waals surface area contributed by atoms with Crippen LogP contribution in [0.3, 0.4) is 0 Å². The van der Waals surface area contributed by atoms with E-state index >= 15 is 0 Å². The first kappa shape index (κ1) is 10.5. The summed E-state index contributed by atoms with van der Waals surface area (Å²) in [6.45, 7) is 3.60. The highest BCUT2D eigenvalue weighted by molar-refractivity contribution is 5.86. The quantitative estimate of drug-likeness (QED) is 0.674. The third-order valence-corrected chi connectivity index (χ3v) is 2.79. The van der Waals surface area contributed by atoms with Crippen LogP contribution in [-0.4, -0.2) is 11.8 Å².